The number of pyridine rings is 1. The zero-order chi connectivity index (χ0) is 22.8. The summed E-state index contributed by atoms with van der Waals surface area (Å²) in [5.41, 5.74) is 3.88. The van der Waals surface area contributed by atoms with E-state index in [4.69, 9.17) is 9.73 Å². The molecular weight excluding hydrogens is 401 g/mol. The quantitative estimate of drug-likeness (QED) is 0.278. The Morgan fingerprint density at radius 2 is 2.12 bits per heavy atom. The van der Waals surface area contributed by atoms with Crippen LogP contribution in [0.15, 0.2) is 41.2 Å². The molecule has 0 radical (unpaired) electrons. The Labute approximate surface area is 193 Å². The van der Waals surface area contributed by atoms with Crippen molar-refractivity contribution in [1.29, 1.82) is 0 Å². The molecule has 0 unspecified atom stereocenters. The zero-order valence-corrected chi connectivity index (χ0v) is 20.0. The molecule has 1 atom stereocenters. The molecule has 2 heterocycles. The van der Waals surface area contributed by atoms with Crippen LogP contribution in [-0.2, 0) is 11.3 Å². The molecule has 0 bridgehead atoms. The number of aliphatic imine (C=N–C) groups is 1. The third kappa shape index (κ3) is 6.82. The first-order valence-corrected chi connectivity index (χ1v) is 12.3. The highest BCUT2D eigenvalue weighted by atomic mass is 19.1. The largest absolute Gasteiger partial charge is 0.381 e. The van der Waals surface area contributed by atoms with Crippen LogP contribution in [0.1, 0.15) is 75.8 Å². The zero-order valence-electron chi connectivity index (χ0n) is 20.0. The van der Waals surface area contributed by atoms with Crippen molar-refractivity contribution in [2.24, 2.45) is 16.3 Å². The minimum Gasteiger partial charge on any atom is -0.381 e. The summed E-state index contributed by atoms with van der Waals surface area (Å²) in [6, 6.07) is 1.86. The van der Waals surface area contributed by atoms with Crippen LogP contribution in [0.4, 0.5) is 4.39 Å². The van der Waals surface area contributed by atoms with Crippen LogP contribution in [0, 0.1) is 24.2 Å². The van der Waals surface area contributed by atoms with Gasteiger partial charge in [0.1, 0.15) is 0 Å². The Hall–Kier alpha value is -1.85. The fraction of sp³-hybridized carbons (Fsp3) is 0.630. The Kier molecular flexibility index (Phi) is 9.61. The van der Waals surface area contributed by atoms with Crippen LogP contribution >= 0.6 is 0 Å². The summed E-state index contributed by atoms with van der Waals surface area (Å²) < 4.78 is 19.3. The Morgan fingerprint density at radius 3 is 2.84 bits per heavy atom. The van der Waals surface area contributed by atoms with E-state index < -0.39 is 5.95 Å². The summed E-state index contributed by atoms with van der Waals surface area (Å²) in [5.74, 6) is 0.278. The molecule has 5 heteroatoms. The summed E-state index contributed by atoms with van der Waals surface area (Å²) >= 11 is 0. The smallest absolute Gasteiger partial charge is 0.215 e. The van der Waals surface area contributed by atoms with Gasteiger partial charge in [0.25, 0.3) is 0 Å². The number of rotatable bonds is 9. The maximum atomic E-state index is 13.4. The van der Waals surface area contributed by atoms with Crippen molar-refractivity contribution in [3.05, 3.63) is 53.3 Å². The number of hydrogen-bond donors (Lipinski definition) is 1. The van der Waals surface area contributed by atoms with Gasteiger partial charge in [-0.25, -0.2) is 4.98 Å². The van der Waals surface area contributed by atoms with E-state index in [0.717, 1.165) is 56.7 Å². The van der Waals surface area contributed by atoms with Crippen molar-refractivity contribution in [3.63, 3.8) is 0 Å². The Morgan fingerprint density at radius 1 is 1.28 bits per heavy atom. The number of ether oxygens (including phenoxy) is 1. The summed E-state index contributed by atoms with van der Waals surface area (Å²) in [7, 11) is 0. The van der Waals surface area contributed by atoms with Crippen molar-refractivity contribution in [2.45, 2.75) is 78.2 Å². The maximum Gasteiger partial charge on any atom is 0.215 e. The Bertz CT molecular complexity index is 803. The molecule has 3 rings (SSSR count). The van der Waals surface area contributed by atoms with Crippen molar-refractivity contribution >= 4 is 6.21 Å². The molecule has 176 valence electrons. The minimum absolute atomic E-state index is 0.0523. The predicted molar refractivity (Wildman–Crippen MR) is 130 cm³/mol. The molecule has 0 spiro atoms. The molecule has 32 heavy (non-hydrogen) atoms. The van der Waals surface area contributed by atoms with Gasteiger partial charge in [-0.05, 0) is 82.0 Å². The second-order valence-electron chi connectivity index (χ2n) is 9.45. The SMILES string of the molecule is C=C(N=C/C(=C\C)C1CCC1)[C@@]1(CCNCc2cnc(F)c(C)c2)CCCCCOCC1. The number of nitrogens with zero attached hydrogens (tertiary/aromatic N) is 2. The minimum atomic E-state index is -0.394. The number of nitrogens with one attached hydrogen (secondary N) is 1. The number of aryl methyl sites for hydroxylation is 1. The topological polar surface area (TPSA) is 46.5 Å². The van der Waals surface area contributed by atoms with Crippen molar-refractivity contribution in [1.82, 2.24) is 10.3 Å². The van der Waals surface area contributed by atoms with Gasteiger partial charge in [0.05, 0.1) is 0 Å². The van der Waals surface area contributed by atoms with Crippen LogP contribution in [0.3, 0.4) is 0 Å². The van der Waals surface area contributed by atoms with Gasteiger partial charge in [0.15, 0.2) is 0 Å². The van der Waals surface area contributed by atoms with Gasteiger partial charge in [-0.2, -0.15) is 4.39 Å². The molecule has 0 amide bonds. The fourth-order valence-electron chi connectivity index (χ4n) is 4.74. The first kappa shape index (κ1) is 24.8. The van der Waals surface area contributed by atoms with E-state index in [9.17, 15) is 4.39 Å². The highest BCUT2D eigenvalue weighted by Gasteiger charge is 2.33. The lowest BCUT2D eigenvalue weighted by atomic mass is 9.74. The Balaban J connectivity index is 1.65. The fourth-order valence-corrected chi connectivity index (χ4v) is 4.74. The van der Waals surface area contributed by atoms with Gasteiger partial charge in [-0.1, -0.05) is 31.9 Å². The van der Waals surface area contributed by atoms with E-state index in [0.29, 0.717) is 18.0 Å². The van der Waals surface area contributed by atoms with E-state index in [-0.39, 0.29) is 5.41 Å². The van der Waals surface area contributed by atoms with E-state index >= 15 is 0 Å². The highest BCUT2D eigenvalue weighted by molar-refractivity contribution is 5.80. The third-order valence-corrected chi connectivity index (χ3v) is 7.24. The molecule has 1 aromatic rings. The van der Waals surface area contributed by atoms with E-state index in [1.165, 1.54) is 37.7 Å². The molecule has 2 aliphatic rings. The molecule has 1 aromatic heterocycles. The summed E-state index contributed by atoms with van der Waals surface area (Å²) in [5, 5.41) is 3.53. The lowest BCUT2D eigenvalue weighted by Crippen LogP contribution is -2.30. The van der Waals surface area contributed by atoms with Gasteiger partial charge in [-0.3, -0.25) is 4.99 Å². The summed E-state index contributed by atoms with van der Waals surface area (Å²) in [4.78, 5) is 8.77. The number of aromatic nitrogens is 1. The van der Waals surface area contributed by atoms with Crippen molar-refractivity contribution in [2.75, 3.05) is 19.8 Å². The maximum absolute atomic E-state index is 13.4. The summed E-state index contributed by atoms with van der Waals surface area (Å²) in [6.07, 6.45) is 16.3. The molecule has 2 fully saturated rings. The van der Waals surface area contributed by atoms with Crippen LogP contribution in [-0.4, -0.2) is 31.0 Å². The van der Waals surface area contributed by atoms with Crippen molar-refractivity contribution in [3.8, 4) is 0 Å². The van der Waals surface area contributed by atoms with Crippen molar-refractivity contribution < 1.29 is 9.13 Å². The van der Waals surface area contributed by atoms with Crippen LogP contribution in [0.2, 0.25) is 0 Å². The molecule has 1 aliphatic heterocycles. The third-order valence-electron chi connectivity index (χ3n) is 7.24. The van der Waals surface area contributed by atoms with Crippen LogP contribution in [0.5, 0.6) is 0 Å². The molecule has 1 N–H and O–H groups in total. The molecule has 0 aromatic carbocycles. The first-order valence-electron chi connectivity index (χ1n) is 12.3. The van der Waals surface area contributed by atoms with Crippen LogP contribution in [0.25, 0.3) is 0 Å². The van der Waals surface area contributed by atoms with Gasteiger partial charge in [0.2, 0.25) is 5.95 Å². The normalized spacial score (nSPS) is 23.4. The lowest BCUT2D eigenvalue weighted by molar-refractivity contribution is 0.105. The number of allylic oxidation sites excluding steroid dienone is 3. The monoisotopic (exact) mass is 441 g/mol. The van der Waals surface area contributed by atoms with E-state index in [2.05, 4.69) is 36.1 Å². The second kappa shape index (κ2) is 12.4. The average Bonchev–Trinajstić information content (AvgIpc) is 2.87. The van der Waals surface area contributed by atoms with Gasteiger partial charge < -0.3 is 10.1 Å². The standard InChI is InChI=1S/C27H40FN3O/c1-4-24(25-9-8-10-25)20-30-22(3)27(11-6-5-7-15-32-16-13-27)12-14-29-18-23-17-21(2)26(28)31-19-23/h4,17,19-20,25,29H,3,5-16,18H2,1-2H3/b24-4+,30-20?/t27-/m1/s1. The first-order chi connectivity index (χ1) is 15.5. The molecule has 4 nitrogen and oxygen atoms in total. The second-order valence-corrected chi connectivity index (χ2v) is 9.45. The molecule has 1 aliphatic carbocycles. The number of hydrogen-bond acceptors (Lipinski definition) is 4. The van der Waals surface area contributed by atoms with Gasteiger partial charge >= 0.3 is 0 Å². The lowest BCUT2D eigenvalue weighted by Gasteiger charge is -2.34. The average molecular weight is 442 g/mol. The highest BCUT2D eigenvalue weighted by Crippen LogP contribution is 2.41. The van der Waals surface area contributed by atoms with Gasteiger partial charge in [-0.15, -0.1) is 0 Å². The predicted octanol–water partition coefficient (Wildman–Crippen LogP) is 6.31. The summed E-state index contributed by atoms with van der Waals surface area (Å²) in [6.45, 7) is 11.5. The number of halogens is 1. The van der Waals surface area contributed by atoms with Gasteiger partial charge in [0, 0.05) is 48.8 Å². The van der Waals surface area contributed by atoms with E-state index in [1.807, 2.05) is 6.07 Å². The molecular formula is C27H40FN3O. The van der Waals surface area contributed by atoms with E-state index in [1.54, 1.807) is 13.1 Å². The molecule has 1 saturated carbocycles. The van der Waals surface area contributed by atoms with Crippen LogP contribution < -0.4 is 5.32 Å². The molecule has 1 saturated heterocycles.